The zero-order chi connectivity index (χ0) is 16.7. The molecule has 5 nitrogen and oxygen atoms in total. The van der Waals surface area contributed by atoms with E-state index in [1.165, 1.54) is 12.1 Å². The summed E-state index contributed by atoms with van der Waals surface area (Å²) in [6.45, 7) is 0. The summed E-state index contributed by atoms with van der Waals surface area (Å²) in [5.74, 6) is -1.21. The van der Waals surface area contributed by atoms with Crippen LogP contribution in [0.2, 0.25) is 5.32 Å². The second-order valence-corrected chi connectivity index (χ2v) is 7.13. The molecule has 2 rings (SSSR count). The molecular weight excluding hydrogens is 361 g/mol. The van der Waals surface area contributed by atoms with E-state index in [1.807, 2.05) is 30.3 Å². The molecule has 0 bridgehead atoms. The van der Waals surface area contributed by atoms with E-state index in [0.717, 1.165) is 10.0 Å². The van der Waals surface area contributed by atoms with E-state index >= 15 is 0 Å². The Labute approximate surface area is 140 Å². The summed E-state index contributed by atoms with van der Waals surface area (Å²) in [5, 5.41) is 21.4. The second-order valence-electron chi connectivity index (χ2n) is 4.93. The summed E-state index contributed by atoms with van der Waals surface area (Å²) >= 11 is -0.0209. The van der Waals surface area contributed by atoms with Gasteiger partial charge in [-0.05, 0) is 0 Å². The molecule has 0 aliphatic rings. The summed E-state index contributed by atoms with van der Waals surface area (Å²) in [6, 6.07) is 15.0. The van der Waals surface area contributed by atoms with Crippen LogP contribution in [-0.2, 0) is 16.0 Å². The molecule has 23 heavy (non-hydrogen) atoms. The van der Waals surface area contributed by atoms with Crippen LogP contribution in [0.4, 0.5) is 0 Å². The molecule has 0 saturated carbocycles. The van der Waals surface area contributed by atoms with E-state index in [2.05, 4.69) is 5.32 Å². The molecule has 0 aliphatic heterocycles. The number of benzene rings is 2. The number of hydrogen-bond acceptors (Lipinski definition) is 3. The number of carbonyl (C=O) groups excluding carboxylic acids is 1. The van der Waals surface area contributed by atoms with Crippen molar-refractivity contribution in [3.63, 3.8) is 0 Å². The van der Waals surface area contributed by atoms with Crippen LogP contribution in [0.3, 0.4) is 0 Å². The summed E-state index contributed by atoms with van der Waals surface area (Å²) in [5.41, 5.74) is 0.740. The number of rotatable bonds is 7. The van der Waals surface area contributed by atoms with E-state index in [4.69, 9.17) is 0 Å². The van der Waals surface area contributed by atoms with Crippen molar-refractivity contribution in [1.82, 2.24) is 5.32 Å². The number of amides is 1. The standard InChI is InChI=1S/C17H17NO4Se/c19-13-8-6-12(7-9-13)10-15(17(21)22)18-16(20)11-23-14-4-2-1-3-5-14/h1-9,15,19H,10-11H2,(H,18,20)(H,21,22)/t15-/m0/s1. The van der Waals surface area contributed by atoms with E-state index < -0.39 is 12.0 Å². The molecule has 1 atom stereocenters. The normalized spacial score (nSPS) is 11.7. The van der Waals surface area contributed by atoms with Gasteiger partial charge in [-0.3, -0.25) is 0 Å². The zero-order valence-corrected chi connectivity index (χ0v) is 14.0. The predicted octanol–water partition coefficient (Wildman–Crippen LogP) is 0.952. The fourth-order valence-electron chi connectivity index (χ4n) is 1.97. The Balaban J connectivity index is 1.89. The average molecular weight is 378 g/mol. The van der Waals surface area contributed by atoms with Gasteiger partial charge in [0.25, 0.3) is 0 Å². The molecule has 0 radical (unpaired) electrons. The first-order valence-electron chi connectivity index (χ1n) is 7.02. The summed E-state index contributed by atoms with van der Waals surface area (Å²) in [4.78, 5) is 23.3. The Morgan fingerprint density at radius 1 is 1.04 bits per heavy atom. The van der Waals surface area contributed by atoms with Crippen LogP contribution >= 0.6 is 0 Å². The number of aliphatic carboxylic acids is 1. The Hall–Kier alpha value is -2.30. The van der Waals surface area contributed by atoms with Gasteiger partial charge in [-0.1, -0.05) is 0 Å². The fraction of sp³-hybridized carbons (Fsp3) is 0.176. The Bertz CT molecular complexity index is 658. The van der Waals surface area contributed by atoms with Crippen LogP contribution in [0, 0.1) is 0 Å². The van der Waals surface area contributed by atoms with E-state index in [0.29, 0.717) is 5.32 Å². The Kier molecular flexibility index (Phi) is 6.20. The number of carboxylic acids is 1. The molecule has 0 aliphatic carbocycles. The van der Waals surface area contributed by atoms with Crippen LogP contribution in [0.1, 0.15) is 5.56 Å². The van der Waals surface area contributed by atoms with Crippen LogP contribution in [-0.4, -0.2) is 43.1 Å². The van der Waals surface area contributed by atoms with Gasteiger partial charge in [-0.25, -0.2) is 0 Å². The molecule has 0 fully saturated rings. The van der Waals surface area contributed by atoms with Crippen molar-refractivity contribution in [3.8, 4) is 5.75 Å². The van der Waals surface area contributed by atoms with Crippen molar-refractivity contribution < 1.29 is 19.8 Å². The van der Waals surface area contributed by atoms with Crippen molar-refractivity contribution in [3.05, 3.63) is 60.2 Å². The van der Waals surface area contributed by atoms with Gasteiger partial charge in [0.15, 0.2) is 0 Å². The first-order chi connectivity index (χ1) is 11.0. The van der Waals surface area contributed by atoms with Gasteiger partial charge >= 0.3 is 140 Å². The van der Waals surface area contributed by atoms with Crippen molar-refractivity contribution in [2.24, 2.45) is 0 Å². The van der Waals surface area contributed by atoms with Crippen LogP contribution in [0.25, 0.3) is 0 Å². The molecule has 6 heteroatoms. The monoisotopic (exact) mass is 379 g/mol. The summed E-state index contributed by atoms with van der Waals surface area (Å²) in [7, 11) is 0. The van der Waals surface area contributed by atoms with E-state index in [1.54, 1.807) is 12.1 Å². The fourth-order valence-corrected chi connectivity index (χ4v) is 3.50. The third-order valence-corrected chi connectivity index (χ3v) is 5.25. The van der Waals surface area contributed by atoms with Gasteiger partial charge in [0.2, 0.25) is 0 Å². The van der Waals surface area contributed by atoms with E-state index in [-0.39, 0.29) is 33.0 Å². The number of carbonyl (C=O) groups is 2. The molecule has 3 N–H and O–H groups in total. The number of hydrogen-bond donors (Lipinski definition) is 3. The summed E-state index contributed by atoms with van der Waals surface area (Å²) < 4.78 is 1.10. The second kappa shape index (κ2) is 8.36. The third kappa shape index (κ3) is 5.77. The maximum absolute atomic E-state index is 12.0. The molecule has 2 aromatic carbocycles. The molecule has 0 aromatic heterocycles. The third-order valence-electron chi connectivity index (χ3n) is 3.12. The van der Waals surface area contributed by atoms with Crippen LogP contribution in [0.5, 0.6) is 5.75 Å². The van der Waals surface area contributed by atoms with Crippen LogP contribution in [0.15, 0.2) is 54.6 Å². The molecule has 0 heterocycles. The molecule has 120 valence electrons. The van der Waals surface area contributed by atoms with Gasteiger partial charge in [0.05, 0.1) is 0 Å². The molecule has 0 spiro atoms. The topological polar surface area (TPSA) is 86.6 Å². The molecule has 0 saturated heterocycles. The minimum absolute atomic E-state index is 0.0209. The molecule has 1 amide bonds. The number of nitrogens with one attached hydrogen (secondary N) is 1. The van der Waals surface area contributed by atoms with Gasteiger partial charge in [-0.2, -0.15) is 0 Å². The first kappa shape index (κ1) is 17.1. The van der Waals surface area contributed by atoms with Gasteiger partial charge in [0, 0.05) is 0 Å². The Morgan fingerprint density at radius 3 is 2.30 bits per heavy atom. The van der Waals surface area contributed by atoms with Crippen molar-refractivity contribution in [2.45, 2.75) is 17.8 Å². The maximum atomic E-state index is 12.0. The molecular formula is C17H17NO4Se. The van der Waals surface area contributed by atoms with Crippen molar-refractivity contribution in [1.29, 1.82) is 0 Å². The molecule has 2 aromatic rings. The Morgan fingerprint density at radius 2 is 1.70 bits per heavy atom. The number of phenols is 1. The van der Waals surface area contributed by atoms with Crippen molar-refractivity contribution in [2.75, 3.05) is 0 Å². The quantitative estimate of drug-likeness (QED) is 0.627. The van der Waals surface area contributed by atoms with Gasteiger partial charge in [-0.15, -0.1) is 0 Å². The number of aromatic hydroxyl groups is 1. The molecule has 0 unspecified atom stereocenters. The van der Waals surface area contributed by atoms with E-state index in [9.17, 15) is 19.8 Å². The number of phenolic OH excluding ortho intramolecular Hbond substituents is 1. The zero-order valence-electron chi connectivity index (χ0n) is 12.3. The average Bonchev–Trinajstić information content (AvgIpc) is 2.55. The summed E-state index contributed by atoms with van der Waals surface area (Å²) in [6.07, 6.45) is 0.180. The van der Waals surface area contributed by atoms with Crippen LogP contribution < -0.4 is 9.78 Å². The number of carboxylic acid groups (broad SMARTS) is 1. The SMILES string of the molecule is O=C(C[Se]c1ccccc1)N[C@@H](Cc1ccc(O)cc1)C(=O)O. The van der Waals surface area contributed by atoms with Gasteiger partial charge < -0.3 is 0 Å². The predicted molar refractivity (Wildman–Crippen MR) is 88.0 cm³/mol. The first-order valence-corrected chi connectivity index (χ1v) is 9.09. The minimum atomic E-state index is -1.07. The van der Waals surface area contributed by atoms with Crippen molar-refractivity contribution >= 4 is 31.3 Å². The van der Waals surface area contributed by atoms with Gasteiger partial charge in [0.1, 0.15) is 0 Å².